The summed E-state index contributed by atoms with van der Waals surface area (Å²) in [5.74, 6) is -0.635. The van der Waals surface area contributed by atoms with Crippen molar-refractivity contribution in [3.05, 3.63) is 72.7 Å². The number of nitrogens with zero attached hydrogens (tertiary/aromatic N) is 2. The number of nitro benzene ring substituents is 1. The van der Waals surface area contributed by atoms with Gasteiger partial charge in [-0.05, 0) is 24.3 Å². The van der Waals surface area contributed by atoms with E-state index in [9.17, 15) is 14.9 Å². The molecule has 1 amide bonds. The van der Waals surface area contributed by atoms with E-state index < -0.39 is 10.8 Å². The normalized spacial score (nSPS) is 10.7. The lowest BCUT2D eigenvalue weighted by molar-refractivity contribution is -0.384. The van der Waals surface area contributed by atoms with Crippen molar-refractivity contribution in [2.75, 3.05) is 0 Å². The van der Waals surface area contributed by atoms with Gasteiger partial charge >= 0.3 is 0 Å². The Hall–Kier alpha value is -2.15. The third-order valence-electron chi connectivity index (χ3n) is 2.76. The molecule has 2 aromatic rings. The van der Waals surface area contributed by atoms with E-state index in [1.807, 2.05) is 0 Å². The molecule has 0 fully saturated rings. The van der Waals surface area contributed by atoms with Crippen molar-refractivity contribution in [2.24, 2.45) is 5.10 Å². The number of benzene rings is 2. The van der Waals surface area contributed by atoms with Crippen LogP contribution in [0.1, 0.15) is 15.9 Å². The highest BCUT2D eigenvalue weighted by Crippen LogP contribution is 2.25. The highest BCUT2D eigenvalue weighted by atomic mass is 35.5. The molecule has 1 N–H and O–H groups in total. The zero-order valence-corrected chi connectivity index (χ0v) is 13.6. The molecule has 0 aliphatic heterocycles. The van der Waals surface area contributed by atoms with Gasteiger partial charge in [-0.1, -0.05) is 40.9 Å². The summed E-state index contributed by atoms with van der Waals surface area (Å²) in [5, 5.41) is 15.2. The first-order chi connectivity index (χ1) is 10.9. The summed E-state index contributed by atoms with van der Waals surface area (Å²) in [5.41, 5.74) is 2.36. The number of carbonyl (C=O) groups is 1. The first kappa shape index (κ1) is 17.2. The van der Waals surface area contributed by atoms with Crippen LogP contribution in [0.15, 0.2) is 41.5 Å². The van der Waals surface area contributed by atoms with Crippen LogP contribution in [0.3, 0.4) is 0 Å². The summed E-state index contributed by atoms with van der Waals surface area (Å²) in [6.45, 7) is 0. The minimum absolute atomic E-state index is 0.0449. The monoisotopic (exact) mass is 371 g/mol. The average Bonchev–Trinajstić information content (AvgIpc) is 2.50. The number of halogens is 3. The van der Waals surface area contributed by atoms with E-state index in [2.05, 4.69) is 10.5 Å². The Labute approximate surface area is 145 Å². The molecule has 0 unspecified atom stereocenters. The van der Waals surface area contributed by atoms with Gasteiger partial charge in [0.15, 0.2) is 0 Å². The number of amides is 1. The third kappa shape index (κ3) is 4.19. The standard InChI is InChI=1S/C14H8Cl3N3O3/c15-10-2-1-3-11(16)9(10)7-18-19-14(21)8-4-5-12(17)13(6-8)20(22)23/h1-7H,(H,19,21)/b18-7-. The average molecular weight is 373 g/mol. The quantitative estimate of drug-likeness (QED) is 0.493. The molecular formula is C14H8Cl3N3O3. The first-order valence-electron chi connectivity index (χ1n) is 6.11. The Balaban J connectivity index is 2.15. The molecule has 0 aromatic heterocycles. The molecule has 2 aromatic carbocycles. The van der Waals surface area contributed by atoms with E-state index in [-0.39, 0.29) is 16.3 Å². The van der Waals surface area contributed by atoms with Gasteiger partial charge in [0.2, 0.25) is 0 Å². The molecule has 2 rings (SSSR count). The smallest absolute Gasteiger partial charge is 0.267 e. The Morgan fingerprint density at radius 1 is 1.13 bits per heavy atom. The predicted molar refractivity (Wildman–Crippen MR) is 89.6 cm³/mol. The molecule has 9 heteroatoms. The molecule has 0 aliphatic carbocycles. The predicted octanol–water partition coefficient (Wildman–Crippen LogP) is 4.32. The molecular weight excluding hydrogens is 365 g/mol. The van der Waals surface area contributed by atoms with Crippen molar-refractivity contribution in [3.8, 4) is 0 Å². The van der Waals surface area contributed by atoms with Crippen molar-refractivity contribution in [1.29, 1.82) is 0 Å². The van der Waals surface area contributed by atoms with Crippen LogP contribution in [-0.4, -0.2) is 17.0 Å². The largest absolute Gasteiger partial charge is 0.288 e. The van der Waals surface area contributed by atoms with Crippen molar-refractivity contribution >= 4 is 52.6 Å². The topological polar surface area (TPSA) is 84.6 Å². The number of hydrogen-bond acceptors (Lipinski definition) is 4. The van der Waals surface area contributed by atoms with Gasteiger partial charge < -0.3 is 0 Å². The minimum Gasteiger partial charge on any atom is -0.267 e. The van der Waals surface area contributed by atoms with Crippen molar-refractivity contribution < 1.29 is 9.72 Å². The lowest BCUT2D eigenvalue weighted by Crippen LogP contribution is -2.17. The van der Waals surface area contributed by atoms with Gasteiger partial charge in [0.25, 0.3) is 11.6 Å². The van der Waals surface area contributed by atoms with Crippen LogP contribution in [0.5, 0.6) is 0 Å². The van der Waals surface area contributed by atoms with Gasteiger partial charge in [0.05, 0.1) is 21.2 Å². The Morgan fingerprint density at radius 2 is 1.78 bits per heavy atom. The minimum atomic E-state index is -0.675. The van der Waals surface area contributed by atoms with Gasteiger partial charge in [-0.3, -0.25) is 14.9 Å². The molecule has 118 valence electrons. The van der Waals surface area contributed by atoms with Crippen LogP contribution < -0.4 is 5.43 Å². The van der Waals surface area contributed by atoms with Crippen LogP contribution in [0.4, 0.5) is 5.69 Å². The van der Waals surface area contributed by atoms with Gasteiger partial charge in [0.1, 0.15) is 5.02 Å². The van der Waals surface area contributed by atoms with Crippen molar-refractivity contribution in [3.63, 3.8) is 0 Å². The van der Waals surface area contributed by atoms with Gasteiger partial charge in [-0.15, -0.1) is 0 Å². The molecule has 0 spiro atoms. The number of rotatable bonds is 4. The Morgan fingerprint density at radius 3 is 2.39 bits per heavy atom. The fourth-order valence-corrected chi connectivity index (χ4v) is 2.33. The SMILES string of the molecule is O=C(N/N=C\c1c(Cl)cccc1Cl)c1ccc(Cl)c([N+](=O)[O-])c1. The van der Waals surface area contributed by atoms with Gasteiger partial charge in [0, 0.05) is 17.2 Å². The Kier molecular flexibility index (Phi) is 5.54. The molecule has 0 heterocycles. The summed E-state index contributed by atoms with van der Waals surface area (Å²) >= 11 is 17.6. The second kappa shape index (κ2) is 7.41. The number of nitro groups is 1. The lowest BCUT2D eigenvalue weighted by Gasteiger charge is -2.02. The molecule has 0 saturated heterocycles. The summed E-state index contributed by atoms with van der Waals surface area (Å²) in [6, 6.07) is 8.60. The van der Waals surface area contributed by atoms with Gasteiger partial charge in [-0.2, -0.15) is 5.10 Å². The second-order valence-corrected chi connectivity index (χ2v) is 5.48. The van der Waals surface area contributed by atoms with E-state index in [4.69, 9.17) is 34.8 Å². The van der Waals surface area contributed by atoms with Crippen LogP contribution in [-0.2, 0) is 0 Å². The molecule has 6 nitrogen and oxygen atoms in total. The fourth-order valence-electron chi connectivity index (χ4n) is 1.65. The number of carbonyl (C=O) groups excluding carboxylic acids is 1. The maximum atomic E-state index is 11.9. The zero-order valence-electron chi connectivity index (χ0n) is 11.3. The maximum Gasteiger partial charge on any atom is 0.288 e. The van der Waals surface area contributed by atoms with Crippen molar-refractivity contribution in [1.82, 2.24) is 5.43 Å². The molecule has 0 atom stereocenters. The third-order valence-corrected chi connectivity index (χ3v) is 3.74. The molecule has 0 radical (unpaired) electrons. The number of nitrogens with one attached hydrogen (secondary N) is 1. The van der Waals surface area contributed by atoms with Crippen LogP contribution in [0, 0.1) is 10.1 Å². The summed E-state index contributed by atoms with van der Waals surface area (Å²) in [6.07, 6.45) is 1.28. The summed E-state index contributed by atoms with van der Waals surface area (Å²) in [4.78, 5) is 22.1. The maximum absolute atomic E-state index is 11.9. The van der Waals surface area contributed by atoms with Crippen LogP contribution in [0.2, 0.25) is 15.1 Å². The highest BCUT2D eigenvalue weighted by Gasteiger charge is 2.16. The summed E-state index contributed by atoms with van der Waals surface area (Å²) < 4.78 is 0. The molecule has 0 bridgehead atoms. The lowest BCUT2D eigenvalue weighted by atomic mass is 10.2. The number of hydrazone groups is 1. The van der Waals surface area contributed by atoms with Gasteiger partial charge in [-0.25, -0.2) is 5.43 Å². The van der Waals surface area contributed by atoms with E-state index in [0.717, 1.165) is 6.07 Å². The Bertz CT molecular complexity index is 789. The van der Waals surface area contributed by atoms with Crippen LogP contribution >= 0.6 is 34.8 Å². The van der Waals surface area contributed by atoms with E-state index in [1.165, 1.54) is 18.3 Å². The zero-order chi connectivity index (χ0) is 17.0. The van der Waals surface area contributed by atoms with E-state index >= 15 is 0 Å². The van der Waals surface area contributed by atoms with E-state index in [1.54, 1.807) is 18.2 Å². The van der Waals surface area contributed by atoms with Crippen LogP contribution in [0.25, 0.3) is 0 Å². The molecule has 0 aliphatic rings. The van der Waals surface area contributed by atoms with E-state index in [0.29, 0.717) is 15.6 Å². The molecule has 23 heavy (non-hydrogen) atoms. The fraction of sp³-hybridized carbons (Fsp3) is 0. The van der Waals surface area contributed by atoms with Crippen molar-refractivity contribution in [2.45, 2.75) is 0 Å². The number of hydrogen-bond donors (Lipinski definition) is 1. The highest BCUT2D eigenvalue weighted by molar-refractivity contribution is 6.38. The molecule has 0 saturated carbocycles. The second-order valence-electron chi connectivity index (χ2n) is 4.26. The first-order valence-corrected chi connectivity index (χ1v) is 7.25. The summed E-state index contributed by atoms with van der Waals surface area (Å²) in [7, 11) is 0.